The Bertz CT molecular complexity index is 921. The molecular weight excluding hydrogens is 394 g/mol. The van der Waals surface area contributed by atoms with Gasteiger partial charge >= 0.3 is 0 Å². The maximum atomic E-state index is 11.1. The predicted molar refractivity (Wildman–Crippen MR) is 113 cm³/mol. The van der Waals surface area contributed by atoms with E-state index in [9.17, 15) is 4.79 Å². The standard InChI is InChI=1S/C19H23N5O2S2/c1-4-5-10-24-17(14-6-8-16(26-3)9-7-14)22-23-19(24)28-12-15-11-27-18(21-15)20-13(2)25/h6-9,11H,4-5,10,12H2,1-3H3,(H,20,21,25). The van der Waals surface area contributed by atoms with Gasteiger partial charge in [-0.05, 0) is 30.7 Å². The Morgan fingerprint density at radius 1 is 1.29 bits per heavy atom. The first-order valence-corrected chi connectivity index (χ1v) is 10.9. The van der Waals surface area contributed by atoms with Crippen molar-refractivity contribution in [1.82, 2.24) is 19.7 Å². The molecule has 1 N–H and O–H groups in total. The highest BCUT2D eigenvalue weighted by Gasteiger charge is 2.15. The van der Waals surface area contributed by atoms with E-state index >= 15 is 0 Å². The van der Waals surface area contributed by atoms with Crippen LogP contribution in [0.3, 0.4) is 0 Å². The number of methoxy groups -OCH3 is 1. The second-order valence-electron chi connectivity index (χ2n) is 6.15. The molecule has 1 aromatic carbocycles. The highest BCUT2D eigenvalue weighted by molar-refractivity contribution is 7.98. The van der Waals surface area contributed by atoms with E-state index < -0.39 is 0 Å². The molecule has 0 radical (unpaired) electrons. The van der Waals surface area contributed by atoms with Crippen molar-refractivity contribution in [2.75, 3.05) is 12.4 Å². The second-order valence-corrected chi connectivity index (χ2v) is 7.95. The summed E-state index contributed by atoms with van der Waals surface area (Å²) in [5, 5.41) is 15.0. The minimum Gasteiger partial charge on any atom is -0.497 e. The molecular formula is C19H23N5O2S2. The van der Waals surface area contributed by atoms with Crippen LogP contribution in [-0.4, -0.2) is 32.8 Å². The monoisotopic (exact) mass is 417 g/mol. The zero-order valence-corrected chi connectivity index (χ0v) is 17.8. The summed E-state index contributed by atoms with van der Waals surface area (Å²) in [5.41, 5.74) is 1.92. The normalized spacial score (nSPS) is 10.8. The number of nitrogens with one attached hydrogen (secondary N) is 1. The van der Waals surface area contributed by atoms with Crippen LogP contribution in [0.2, 0.25) is 0 Å². The van der Waals surface area contributed by atoms with E-state index in [2.05, 4.69) is 32.0 Å². The third-order valence-electron chi connectivity index (χ3n) is 3.98. The summed E-state index contributed by atoms with van der Waals surface area (Å²) >= 11 is 3.03. The Morgan fingerprint density at radius 2 is 2.07 bits per heavy atom. The van der Waals surface area contributed by atoms with Gasteiger partial charge in [-0.1, -0.05) is 25.1 Å². The van der Waals surface area contributed by atoms with Crippen molar-refractivity contribution < 1.29 is 9.53 Å². The Labute approximate surface area is 172 Å². The molecule has 2 heterocycles. The van der Waals surface area contributed by atoms with Crippen molar-refractivity contribution >= 4 is 34.1 Å². The van der Waals surface area contributed by atoms with Crippen LogP contribution in [0.15, 0.2) is 34.8 Å². The molecule has 3 aromatic rings. The molecule has 0 unspecified atom stereocenters. The fraction of sp³-hybridized carbons (Fsp3) is 0.368. The molecule has 0 bridgehead atoms. The molecule has 0 aliphatic carbocycles. The fourth-order valence-electron chi connectivity index (χ4n) is 2.59. The van der Waals surface area contributed by atoms with E-state index in [0.717, 1.165) is 47.4 Å². The number of nitrogens with zero attached hydrogens (tertiary/aromatic N) is 4. The van der Waals surface area contributed by atoms with Gasteiger partial charge in [0.15, 0.2) is 16.1 Å². The molecule has 0 fully saturated rings. The lowest BCUT2D eigenvalue weighted by atomic mass is 10.2. The summed E-state index contributed by atoms with van der Waals surface area (Å²) < 4.78 is 7.40. The van der Waals surface area contributed by atoms with Crippen molar-refractivity contribution in [3.8, 4) is 17.1 Å². The number of thioether (sulfide) groups is 1. The lowest BCUT2D eigenvalue weighted by molar-refractivity contribution is -0.114. The number of unbranched alkanes of at least 4 members (excludes halogenated alkanes) is 1. The molecule has 7 nitrogen and oxygen atoms in total. The van der Waals surface area contributed by atoms with E-state index in [1.54, 1.807) is 18.9 Å². The molecule has 9 heteroatoms. The molecule has 0 atom stereocenters. The number of thiazole rings is 1. The third-order valence-corrected chi connectivity index (χ3v) is 5.79. The van der Waals surface area contributed by atoms with Crippen LogP contribution in [0.1, 0.15) is 32.4 Å². The quantitative estimate of drug-likeness (QED) is 0.518. The molecule has 0 spiro atoms. The van der Waals surface area contributed by atoms with Crippen LogP contribution in [0.4, 0.5) is 5.13 Å². The van der Waals surface area contributed by atoms with Gasteiger partial charge in [-0.15, -0.1) is 21.5 Å². The predicted octanol–water partition coefficient (Wildman–Crippen LogP) is 4.46. The van der Waals surface area contributed by atoms with Crippen LogP contribution in [0.25, 0.3) is 11.4 Å². The minimum atomic E-state index is -0.114. The Kier molecular flexibility index (Phi) is 7.05. The van der Waals surface area contributed by atoms with Gasteiger partial charge in [-0.2, -0.15) is 0 Å². The topological polar surface area (TPSA) is 81.9 Å². The number of ether oxygens (including phenoxy) is 1. The summed E-state index contributed by atoms with van der Waals surface area (Å²) in [6.07, 6.45) is 2.15. The second kappa shape index (κ2) is 9.70. The van der Waals surface area contributed by atoms with Crippen molar-refractivity contribution in [3.05, 3.63) is 35.3 Å². The lowest BCUT2D eigenvalue weighted by Gasteiger charge is -2.09. The number of rotatable bonds is 9. The molecule has 28 heavy (non-hydrogen) atoms. The molecule has 2 aromatic heterocycles. The number of aromatic nitrogens is 4. The number of hydrogen-bond acceptors (Lipinski definition) is 7. The zero-order valence-electron chi connectivity index (χ0n) is 16.1. The van der Waals surface area contributed by atoms with Crippen LogP contribution in [0, 0.1) is 0 Å². The van der Waals surface area contributed by atoms with Gasteiger partial charge in [-0.25, -0.2) is 4.98 Å². The number of hydrogen-bond donors (Lipinski definition) is 1. The van der Waals surface area contributed by atoms with E-state index in [0.29, 0.717) is 10.9 Å². The van der Waals surface area contributed by atoms with Gasteiger partial charge < -0.3 is 14.6 Å². The van der Waals surface area contributed by atoms with Gasteiger partial charge in [0.25, 0.3) is 0 Å². The summed E-state index contributed by atoms with van der Waals surface area (Å²) in [6, 6.07) is 7.86. The minimum absolute atomic E-state index is 0.114. The molecule has 0 aliphatic rings. The zero-order chi connectivity index (χ0) is 19.9. The van der Waals surface area contributed by atoms with Crippen molar-refractivity contribution in [1.29, 1.82) is 0 Å². The molecule has 3 rings (SSSR count). The van der Waals surface area contributed by atoms with Gasteiger partial charge in [0.1, 0.15) is 5.75 Å². The van der Waals surface area contributed by atoms with Gasteiger partial charge in [0.05, 0.1) is 12.8 Å². The van der Waals surface area contributed by atoms with Gasteiger partial charge in [0, 0.05) is 30.2 Å². The largest absolute Gasteiger partial charge is 0.497 e. The smallest absolute Gasteiger partial charge is 0.223 e. The first-order valence-electron chi connectivity index (χ1n) is 9.03. The molecule has 0 aliphatic heterocycles. The van der Waals surface area contributed by atoms with Crippen LogP contribution < -0.4 is 10.1 Å². The van der Waals surface area contributed by atoms with Crippen molar-refractivity contribution in [3.63, 3.8) is 0 Å². The van der Waals surface area contributed by atoms with E-state index in [-0.39, 0.29) is 5.91 Å². The van der Waals surface area contributed by atoms with E-state index in [4.69, 9.17) is 4.74 Å². The Hall–Kier alpha value is -2.39. The van der Waals surface area contributed by atoms with Crippen LogP contribution in [0.5, 0.6) is 5.75 Å². The van der Waals surface area contributed by atoms with Crippen LogP contribution in [-0.2, 0) is 17.1 Å². The highest BCUT2D eigenvalue weighted by Crippen LogP contribution is 2.29. The third kappa shape index (κ3) is 5.11. The summed E-state index contributed by atoms with van der Waals surface area (Å²) in [5.74, 6) is 2.23. The van der Waals surface area contributed by atoms with Gasteiger partial charge in [-0.3, -0.25) is 4.79 Å². The lowest BCUT2D eigenvalue weighted by Crippen LogP contribution is -2.05. The first-order chi connectivity index (χ1) is 13.6. The average molecular weight is 418 g/mol. The highest BCUT2D eigenvalue weighted by atomic mass is 32.2. The Balaban J connectivity index is 1.77. The fourth-order valence-corrected chi connectivity index (χ4v) is 4.31. The van der Waals surface area contributed by atoms with E-state index in [1.165, 1.54) is 18.3 Å². The van der Waals surface area contributed by atoms with E-state index in [1.807, 2.05) is 29.6 Å². The molecule has 0 saturated heterocycles. The molecule has 1 amide bonds. The molecule has 0 saturated carbocycles. The van der Waals surface area contributed by atoms with Crippen LogP contribution >= 0.6 is 23.1 Å². The maximum Gasteiger partial charge on any atom is 0.223 e. The number of anilines is 1. The number of carbonyl (C=O) groups excluding carboxylic acids is 1. The first kappa shape index (κ1) is 20.3. The summed E-state index contributed by atoms with van der Waals surface area (Å²) in [6.45, 7) is 4.51. The van der Waals surface area contributed by atoms with Crippen molar-refractivity contribution in [2.45, 2.75) is 44.1 Å². The molecule has 148 valence electrons. The Morgan fingerprint density at radius 3 is 2.75 bits per heavy atom. The van der Waals surface area contributed by atoms with Crippen molar-refractivity contribution in [2.24, 2.45) is 0 Å². The summed E-state index contributed by atoms with van der Waals surface area (Å²) in [4.78, 5) is 15.6. The summed E-state index contributed by atoms with van der Waals surface area (Å²) in [7, 11) is 1.66. The number of benzene rings is 1. The number of carbonyl (C=O) groups is 1. The SMILES string of the molecule is CCCCn1c(SCc2csc(NC(C)=O)n2)nnc1-c1ccc(OC)cc1. The average Bonchev–Trinajstić information content (AvgIpc) is 3.30. The maximum absolute atomic E-state index is 11.1. The number of amides is 1. The van der Waals surface area contributed by atoms with Gasteiger partial charge in [0.2, 0.25) is 5.91 Å².